The molecule has 0 amide bonds. The summed E-state index contributed by atoms with van der Waals surface area (Å²) in [5.74, 6) is 0.467. The second-order valence-electron chi connectivity index (χ2n) is 4.57. The fourth-order valence-electron chi connectivity index (χ4n) is 1.68. The third kappa shape index (κ3) is 3.71. The van der Waals surface area contributed by atoms with Gasteiger partial charge in [0.05, 0.1) is 6.07 Å². The largest absolute Gasteiger partial charge is 0.354 e. The Bertz CT molecular complexity index is 346. The number of aromatic nitrogens is 1. The Morgan fingerprint density at radius 2 is 2.19 bits per heavy atom. The van der Waals surface area contributed by atoms with Gasteiger partial charge in [-0.25, -0.2) is 0 Å². The van der Waals surface area contributed by atoms with Gasteiger partial charge in [0.25, 0.3) is 0 Å². The minimum Gasteiger partial charge on any atom is -0.354 e. The van der Waals surface area contributed by atoms with E-state index in [1.807, 2.05) is 0 Å². The number of hydrogen-bond acceptors (Lipinski definition) is 2. The number of rotatable bonds is 6. The second kappa shape index (κ2) is 6.34. The quantitative estimate of drug-likeness (QED) is 0.748. The molecule has 88 valence electrons. The van der Waals surface area contributed by atoms with Crippen molar-refractivity contribution in [1.29, 1.82) is 5.26 Å². The predicted molar refractivity (Wildman–Crippen MR) is 65.7 cm³/mol. The van der Waals surface area contributed by atoms with Crippen molar-refractivity contribution in [3.8, 4) is 6.07 Å². The molecule has 16 heavy (non-hydrogen) atoms. The van der Waals surface area contributed by atoms with Gasteiger partial charge < -0.3 is 10.3 Å². The van der Waals surface area contributed by atoms with Gasteiger partial charge in [0.2, 0.25) is 0 Å². The summed E-state index contributed by atoms with van der Waals surface area (Å²) in [5.41, 5.74) is 7.28. The number of nitrogens with zero attached hydrogens (tertiary/aromatic N) is 2. The maximum Gasteiger partial charge on any atom is 0.0621 e. The Morgan fingerprint density at radius 3 is 2.81 bits per heavy atom. The molecular weight excluding hydrogens is 198 g/mol. The van der Waals surface area contributed by atoms with Crippen LogP contribution in [-0.2, 0) is 6.54 Å². The van der Waals surface area contributed by atoms with Crippen molar-refractivity contribution in [1.82, 2.24) is 4.57 Å². The lowest BCUT2D eigenvalue weighted by molar-refractivity contribution is 0.512. The third-order valence-electron chi connectivity index (χ3n) is 2.83. The summed E-state index contributed by atoms with van der Waals surface area (Å²) in [5, 5.41) is 8.43. The number of nitriles is 1. The van der Waals surface area contributed by atoms with Gasteiger partial charge in [0, 0.05) is 31.4 Å². The van der Waals surface area contributed by atoms with E-state index in [2.05, 4.69) is 42.9 Å². The van der Waals surface area contributed by atoms with E-state index in [-0.39, 0.29) is 6.04 Å². The van der Waals surface area contributed by atoms with Gasteiger partial charge in [-0.3, -0.25) is 0 Å². The Hall–Kier alpha value is -1.27. The molecule has 3 nitrogen and oxygen atoms in total. The molecule has 1 heterocycles. The van der Waals surface area contributed by atoms with Crippen molar-refractivity contribution in [3.63, 3.8) is 0 Å². The molecule has 3 heteroatoms. The lowest BCUT2D eigenvalue weighted by atomic mass is 10.00. The van der Waals surface area contributed by atoms with Crippen LogP contribution in [0.1, 0.15) is 44.7 Å². The van der Waals surface area contributed by atoms with Gasteiger partial charge in [-0.2, -0.15) is 5.26 Å². The summed E-state index contributed by atoms with van der Waals surface area (Å²) in [6.07, 6.45) is 6.87. The molecule has 0 aliphatic heterocycles. The van der Waals surface area contributed by atoms with Gasteiger partial charge >= 0.3 is 0 Å². The molecule has 0 bridgehead atoms. The molecule has 0 spiro atoms. The second-order valence-corrected chi connectivity index (χ2v) is 4.57. The zero-order chi connectivity index (χ0) is 12.0. The van der Waals surface area contributed by atoms with Crippen LogP contribution in [-0.4, -0.2) is 4.57 Å². The van der Waals surface area contributed by atoms with Crippen molar-refractivity contribution in [3.05, 3.63) is 24.0 Å². The monoisotopic (exact) mass is 219 g/mol. The minimum atomic E-state index is 0.125. The van der Waals surface area contributed by atoms with Gasteiger partial charge in [0.15, 0.2) is 0 Å². The van der Waals surface area contributed by atoms with E-state index in [1.165, 1.54) is 5.56 Å². The first-order valence-electron chi connectivity index (χ1n) is 5.93. The zero-order valence-corrected chi connectivity index (χ0v) is 10.2. The van der Waals surface area contributed by atoms with Crippen LogP contribution in [0.3, 0.4) is 0 Å². The third-order valence-corrected chi connectivity index (χ3v) is 2.83. The first-order chi connectivity index (χ1) is 7.65. The highest BCUT2D eigenvalue weighted by Gasteiger charge is 2.11. The van der Waals surface area contributed by atoms with E-state index in [0.29, 0.717) is 12.3 Å². The van der Waals surface area contributed by atoms with Crippen molar-refractivity contribution in [2.75, 3.05) is 0 Å². The standard InChI is InChI=1S/C13H21N3/c1-11(2)13(15)12-6-9-16(10-12)8-5-3-4-7-14/h6,9-11,13H,3-5,8,15H2,1-2H3. The molecule has 0 radical (unpaired) electrons. The Labute approximate surface area is 97.9 Å². The average Bonchev–Trinajstić information content (AvgIpc) is 2.72. The highest BCUT2D eigenvalue weighted by atomic mass is 14.9. The summed E-state index contributed by atoms with van der Waals surface area (Å²) < 4.78 is 2.16. The summed E-state index contributed by atoms with van der Waals surface area (Å²) in [7, 11) is 0. The molecule has 0 aliphatic rings. The SMILES string of the molecule is CC(C)C(N)c1ccn(CCCCC#N)c1. The van der Waals surface area contributed by atoms with Crippen molar-refractivity contribution in [2.45, 2.75) is 45.7 Å². The first kappa shape index (κ1) is 12.8. The lowest BCUT2D eigenvalue weighted by Gasteiger charge is -2.13. The molecule has 2 N–H and O–H groups in total. The van der Waals surface area contributed by atoms with Crippen molar-refractivity contribution in [2.24, 2.45) is 11.7 Å². The average molecular weight is 219 g/mol. The van der Waals surface area contributed by atoms with Crippen molar-refractivity contribution < 1.29 is 0 Å². The Morgan fingerprint density at radius 1 is 1.44 bits per heavy atom. The fourth-order valence-corrected chi connectivity index (χ4v) is 1.68. The molecule has 0 aliphatic carbocycles. The predicted octanol–water partition coefficient (Wildman–Crippen LogP) is 2.84. The summed E-state index contributed by atoms with van der Waals surface area (Å²) in [4.78, 5) is 0. The maximum atomic E-state index is 8.43. The highest BCUT2D eigenvalue weighted by molar-refractivity contribution is 5.15. The molecule has 0 saturated carbocycles. The minimum absolute atomic E-state index is 0.125. The number of hydrogen-bond donors (Lipinski definition) is 1. The van der Waals surface area contributed by atoms with E-state index in [9.17, 15) is 0 Å². The number of aryl methyl sites for hydroxylation is 1. The number of nitrogens with two attached hydrogens (primary N) is 1. The summed E-state index contributed by atoms with van der Waals surface area (Å²) in [6, 6.07) is 4.38. The fraction of sp³-hybridized carbons (Fsp3) is 0.615. The van der Waals surface area contributed by atoms with Crippen molar-refractivity contribution >= 4 is 0 Å². The topological polar surface area (TPSA) is 54.7 Å². The molecular formula is C13H21N3. The Kier molecular flexibility index (Phi) is 5.07. The van der Waals surface area contributed by atoms with E-state index < -0.39 is 0 Å². The van der Waals surface area contributed by atoms with E-state index in [4.69, 9.17) is 11.0 Å². The molecule has 1 aromatic rings. The van der Waals surface area contributed by atoms with Crippen LogP contribution in [0.25, 0.3) is 0 Å². The summed E-state index contributed by atoms with van der Waals surface area (Å²) >= 11 is 0. The zero-order valence-electron chi connectivity index (χ0n) is 10.2. The maximum absolute atomic E-state index is 8.43. The van der Waals surface area contributed by atoms with Crippen LogP contribution < -0.4 is 5.73 Å². The van der Waals surface area contributed by atoms with Crippen LogP contribution in [0.2, 0.25) is 0 Å². The van der Waals surface area contributed by atoms with Gasteiger partial charge in [-0.05, 0) is 30.4 Å². The normalized spacial score (nSPS) is 12.7. The smallest absolute Gasteiger partial charge is 0.0621 e. The molecule has 1 rings (SSSR count). The van der Waals surface area contributed by atoms with Crippen LogP contribution in [0.4, 0.5) is 0 Å². The molecule has 0 fully saturated rings. The Balaban J connectivity index is 2.43. The van der Waals surface area contributed by atoms with Crippen LogP contribution in [0.15, 0.2) is 18.5 Å². The van der Waals surface area contributed by atoms with Crippen LogP contribution in [0, 0.1) is 17.2 Å². The van der Waals surface area contributed by atoms with E-state index in [0.717, 1.165) is 19.4 Å². The highest BCUT2D eigenvalue weighted by Crippen LogP contribution is 2.19. The van der Waals surface area contributed by atoms with Gasteiger partial charge in [-0.15, -0.1) is 0 Å². The molecule has 1 aromatic heterocycles. The summed E-state index contributed by atoms with van der Waals surface area (Å²) in [6.45, 7) is 5.25. The van der Waals surface area contributed by atoms with E-state index in [1.54, 1.807) is 0 Å². The molecule has 1 unspecified atom stereocenters. The molecule has 1 atom stereocenters. The van der Waals surface area contributed by atoms with Crippen LogP contribution in [0.5, 0.6) is 0 Å². The first-order valence-corrected chi connectivity index (χ1v) is 5.93. The lowest BCUT2D eigenvalue weighted by Crippen LogP contribution is -2.15. The van der Waals surface area contributed by atoms with Gasteiger partial charge in [0.1, 0.15) is 0 Å². The number of unbranched alkanes of at least 4 members (excludes halogenated alkanes) is 2. The van der Waals surface area contributed by atoms with Crippen LogP contribution >= 0.6 is 0 Å². The van der Waals surface area contributed by atoms with E-state index >= 15 is 0 Å². The molecule has 0 aromatic carbocycles. The molecule has 0 saturated heterocycles. The van der Waals surface area contributed by atoms with Gasteiger partial charge in [-0.1, -0.05) is 13.8 Å².